The molecule has 0 aliphatic heterocycles. The molecule has 0 radical (unpaired) electrons. The number of unbranched alkanes of at least 4 members (excludes halogenated alkanes) is 4. The van der Waals surface area contributed by atoms with Crippen molar-refractivity contribution in [3.05, 3.63) is 0 Å². The quantitative estimate of drug-likeness (QED) is 0.145. The van der Waals surface area contributed by atoms with E-state index in [4.69, 9.17) is 0 Å². The van der Waals surface area contributed by atoms with Crippen LogP contribution in [0.5, 0.6) is 0 Å². The fourth-order valence-electron chi connectivity index (χ4n) is 5.81. The van der Waals surface area contributed by atoms with Crippen LogP contribution in [0.2, 0.25) is 6.86 Å². The van der Waals surface area contributed by atoms with E-state index in [-0.39, 0.29) is 0 Å². The minimum atomic E-state index is -1.55. The van der Waals surface area contributed by atoms with Crippen LogP contribution in [0, 0.1) is 0 Å². The van der Waals surface area contributed by atoms with Gasteiger partial charge in [-0.3, -0.25) is 0 Å². The Balaban J connectivity index is 5.85. The van der Waals surface area contributed by atoms with Gasteiger partial charge in [-0.05, 0) is 0 Å². The van der Waals surface area contributed by atoms with E-state index >= 15 is 0 Å². The van der Waals surface area contributed by atoms with Crippen molar-refractivity contribution >= 4 is 34.4 Å². The first kappa shape index (κ1) is 27.6. The van der Waals surface area contributed by atoms with E-state index in [1.165, 1.54) is 64.2 Å². The summed E-state index contributed by atoms with van der Waals surface area (Å²) in [5, 5.41) is 0. The Bertz CT molecular complexity index is 267. The van der Waals surface area contributed by atoms with Crippen LogP contribution < -0.4 is 0 Å². The van der Waals surface area contributed by atoms with E-state index in [2.05, 4.69) is 41.5 Å². The summed E-state index contributed by atoms with van der Waals surface area (Å²) in [4.78, 5) is 0. The van der Waals surface area contributed by atoms with E-state index in [9.17, 15) is 0 Å². The van der Waals surface area contributed by atoms with Crippen molar-refractivity contribution < 1.29 is 0 Å². The molecule has 0 spiro atoms. The van der Waals surface area contributed by atoms with Gasteiger partial charge in [0.15, 0.2) is 0 Å². The fraction of sp³-hybridized carbons (Fsp3) is 1.00. The molecular formula is C24H54Sn2. The first-order chi connectivity index (χ1) is 12.5. The summed E-state index contributed by atoms with van der Waals surface area (Å²) in [6, 6.07) is 0. The topological polar surface area (TPSA) is 0 Å². The third kappa shape index (κ3) is 8.95. The average molecular weight is 580 g/mol. The molecule has 0 aromatic carbocycles. The Morgan fingerprint density at radius 1 is 0.462 bits per heavy atom. The first-order valence-corrected chi connectivity index (χ1v) is 41.2. The van der Waals surface area contributed by atoms with Gasteiger partial charge in [0.25, 0.3) is 0 Å². The van der Waals surface area contributed by atoms with Crippen LogP contribution in [0.15, 0.2) is 0 Å². The van der Waals surface area contributed by atoms with Crippen molar-refractivity contribution in [3.63, 3.8) is 0 Å². The van der Waals surface area contributed by atoms with Crippen molar-refractivity contribution in [1.82, 2.24) is 0 Å². The standard InChI is InChI=1S/2C12H25.2Sn.4H/c2*1-4-7-10-12(9-6-3)11-8-5-2;;;;;;/h2*4-11H2,1-3H3;;;;;;. The van der Waals surface area contributed by atoms with Crippen LogP contribution in [0.4, 0.5) is 0 Å². The molecule has 26 heavy (non-hydrogen) atoms. The summed E-state index contributed by atoms with van der Waals surface area (Å²) in [5.41, 5.74) is 0. The summed E-state index contributed by atoms with van der Waals surface area (Å²) >= 11 is -0.605. The van der Waals surface area contributed by atoms with Gasteiger partial charge in [-0.2, -0.15) is 0 Å². The van der Waals surface area contributed by atoms with E-state index in [0.717, 1.165) is 25.4 Å². The van der Waals surface area contributed by atoms with E-state index in [1.54, 1.807) is 38.5 Å². The van der Waals surface area contributed by atoms with Crippen molar-refractivity contribution in [1.29, 1.82) is 0 Å². The minimum absolute atomic E-state index is 0.898. The zero-order valence-electron chi connectivity index (χ0n) is 19.9. The van der Waals surface area contributed by atoms with Gasteiger partial charge < -0.3 is 0 Å². The molecular weight excluding hydrogens is 526 g/mol. The fourth-order valence-corrected chi connectivity index (χ4v) is 54.1. The molecule has 0 nitrogen and oxygen atoms in total. The van der Waals surface area contributed by atoms with Crippen LogP contribution in [0.3, 0.4) is 0 Å². The molecule has 0 amide bonds. The van der Waals surface area contributed by atoms with E-state index in [0.29, 0.717) is 0 Å². The zero-order chi connectivity index (χ0) is 19.9. The van der Waals surface area contributed by atoms with Crippen LogP contribution in [0.1, 0.15) is 144 Å². The van der Waals surface area contributed by atoms with Crippen LogP contribution in [0.25, 0.3) is 0 Å². The average Bonchev–Trinajstić information content (AvgIpc) is 2.66. The summed E-state index contributed by atoms with van der Waals surface area (Å²) in [6.45, 7) is 14.7. The molecule has 0 heterocycles. The molecule has 0 rings (SSSR count). The van der Waals surface area contributed by atoms with Crippen LogP contribution in [-0.2, 0) is 0 Å². The number of hydrogen-bond donors (Lipinski definition) is 0. The molecule has 0 aliphatic rings. The zero-order valence-corrected chi connectivity index (χ0v) is 28.9. The molecule has 158 valence electrons. The normalized spacial score (nSPS) is 13.0. The van der Waals surface area contributed by atoms with E-state index < -0.39 is 15.8 Å². The van der Waals surface area contributed by atoms with Gasteiger partial charge >= 0.3 is 186 Å². The summed E-state index contributed by atoms with van der Waals surface area (Å²) in [5.74, 6) is 0. The van der Waals surface area contributed by atoms with Gasteiger partial charge in [0.2, 0.25) is 0 Å². The van der Waals surface area contributed by atoms with Gasteiger partial charge in [0.05, 0.1) is 0 Å². The summed E-state index contributed by atoms with van der Waals surface area (Å²) in [6.07, 6.45) is 24.3. The molecule has 0 unspecified atom stereocenters. The van der Waals surface area contributed by atoms with E-state index in [1.807, 2.05) is 0 Å². The second-order valence-corrected chi connectivity index (χ2v) is 42.6. The Labute approximate surface area is 184 Å². The third-order valence-electron chi connectivity index (χ3n) is 7.45. The Morgan fingerprint density at radius 3 is 0.923 bits per heavy atom. The molecule has 0 aliphatic carbocycles. The molecule has 0 fully saturated rings. The Hall–Kier alpha value is 1.60. The predicted molar refractivity (Wildman–Crippen MR) is 130 cm³/mol. The number of hydrogen-bond acceptors (Lipinski definition) is 0. The second-order valence-electron chi connectivity index (χ2n) is 9.36. The summed E-state index contributed by atoms with van der Waals surface area (Å²) < 4.78 is 1.80. The first-order valence-electron chi connectivity index (χ1n) is 12.5. The van der Waals surface area contributed by atoms with Gasteiger partial charge in [-0.1, -0.05) is 0 Å². The SMILES string of the molecule is CCCC[C](CCC)(CCCC)[SnH]([SnH3])[C](CCC)(CCCC)CCCC. The molecule has 0 bridgehead atoms. The molecule has 2 heteroatoms. The Kier molecular flexibility index (Phi) is 17.4. The molecule has 0 atom stereocenters. The van der Waals surface area contributed by atoms with Crippen molar-refractivity contribution in [2.45, 2.75) is 151 Å². The van der Waals surface area contributed by atoms with Gasteiger partial charge in [0, 0.05) is 0 Å². The third-order valence-corrected chi connectivity index (χ3v) is 69.8. The molecule has 0 N–H and O–H groups in total. The van der Waals surface area contributed by atoms with Crippen LogP contribution in [-0.4, -0.2) is 34.4 Å². The molecule has 0 aromatic heterocycles. The van der Waals surface area contributed by atoms with Crippen molar-refractivity contribution in [3.8, 4) is 0 Å². The van der Waals surface area contributed by atoms with Gasteiger partial charge in [0.1, 0.15) is 0 Å². The maximum atomic E-state index is 2.49. The molecule has 0 saturated heterocycles. The monoisotopic (exact) mass is 582 g/mol. The predicted octanol–water partition coefficient (Wildman–Crippen LogP) is 7.92. The summed E-state index contributed by atoms with van der Waals surface area (Å²) in [7, 11) is 0. The van der Waals surface area contributed by atoms with Crippen molar-refractivity contribution in [2.24, 2.45) is 0 Å². The second kappa shape index (κ2) is 16.4. The Morgan fingerprint density at radius 2 is 0.731 bits per heavy atom. The van der Waals surface area contributed by atoms with Gasteiger partial charge in [-0.25, -0.2) is 0 Å². The molecule has 0 aromatic rings. The molecule has 0 saturated carbocycles. The number of rotatable bonds is 18. The van der Waals surface area contributed by atoms with Gasteiger partial charge in [-0.15, -0.1) is 0 Å². The van der Waals surface area contributed by atoms with Crippen LogP contribution >= 0.6 is 0 Å². The van der Waals surface area contributed by atoms with Crippen molar-refractivity contribution in [2.75, 3.05) is 0 Å². The maximum absolute atomic E-state index is 2.49.